The van der Waals surface area contributed by atoms with Gasteiger partial charge in [-0.3, -0.25) is 9.59 Å². The van der Waals surface area contributed by atoms with E-state index in [2.05, 4.69) is 27.0 Å². The molecule has 12 heteroatoms. The number of rotatable bonds is 16. The first-order valence-electron chi connectivity index (χ1n) is 14.4. The average molecular weight is 590 g/mol. The first-order chi connectivity index (χ1) is 20.6. The third-order valence-corrected chi connectivity index (χ3v) is 7.28. The van der Waals surface area contributed by atoms with Crippen LogP contribution in [0.15, 0.2) is 58.8 Å². The van der Waals surface area contributed by atoms with Gasteiger partial charge in [0, 0.05) is 41.7 Å². The van der Waals surface area contributed by atoms with Gasteiger partial charge in [-0.05, 0) is 79.4 Å². The second-order valence-electron chi connectivity index (χ2n) is 11.4. The van der Waals surface area contributed by atoms with Gasteiger partial charge in [0.1, 0.15) is 24.0 Å². The van der Waals surface area contributed by atoms with Gasteiger partial charge < -0.3 is 14.4 Å². The Kier molecular flexibility index (Phi) is 12.1. The molecule has 2 aromatic rings. The van der Waals surface area contributed by atoms with Crippen LogP contribution < -0.4 is 4.90 Å². The fraction of sp³-hybridized carbons (Fsp3) is 0.516. The van der Waals surface area contributed by atoms with Crippen LogP contribution in [0.25, 0.3) is 20.9 Å². The normalized spacial score (nSPS) is 16.8. The summed E-state index contributed by atoms with van der Waals surface area (Å²) >= 11 is 0. The van der Waals surface area contributed by atoms with Gasteiger partial charge in [0.25, 0.3) is 0 Å². The zero-order valence-corrected chi connectivity index (χ0v) is 25.2. The van der Waals surface area contributed by atoms with Crippen LogP contribution in [0.2, 0.25) is 0 Å². The van der Waals surface area contributed by atoms with Crippen LogP contribution in [-0.2, 0) is 23.9 Å². The highest BCUT2D eigenvalue weighted by atomic mass is 16.6. The SMILES string of the molecule is CCC(CCN=[N+]=[N-])c1ccc(C2C(=O)C(c3ccc(N(CCN=[N+]=[N-])CCOCC(=O)OC(C)(C)C)cc3)C2=O)cc1. The first kappa shape index (κ1) is 33.1. The molecule has 0 bridgehead atoms. The van der Waals surface area contributed by atoms with Gasteiger partial charge in [-0.1, -0.05) is 53.6 Å². The quantitative estimate of drug-likeness (QED) is 0.0549. The van der Waals surface area contributed by atoms with E-state index in [9.17, 15) is 14.4 Å². The number of benzene rings is 2. The maximum absolute atomic E-state index is 13.2. The molecule has 1 aliphatic carbocycles. The molecular weight excluding hydrogens is 550 g/mol. The molecular formula is C31H39N7O5. The Morgan fingerprint density at radius 3 is 2.00 bits per heavy atom. The third-order valence-electron chi connectivity index (χ3n) is 7.28. The second-order valence-corrected chi connectivity index (χ2v) is 11.4. The minimum Gasteiger partial charge on any atom is -0.458 e. The van der Waals surface area contributed by atoms with E-state index in [0.717, 1.165) is 24.1 Å². The van der Waals surface area contributed by atoms with Crippen molar-refractivity contribution < 1.29 is 23.9 Å². The molecule has 0 aliphatic heterocycles. The highest BCUT2D eigenvalue weighted by Crippen LogP contribution is 2.41. The van der Waals surface area contributed by atoms with E-state index in [0.29, 0.717) is 30.8 Å². The predicted molar refractivity (Wildman–Crippen MR) is 163 cm³/mol. The van der Waals surface area contributed by atoms with Crippen LogP contribution in [0.5, 0.6) is 0 Å². The second kappa shape index (κ2) is 15.7. The lowest BCUT2D eigenvalue weighted by molar-refractivity contribution is -0.160. The number of anilines is 1. The zero-order chi connectivity index (χ0) is 31.4. The number of hydrogen-bond donors (Lipinski definition) is 0. The van der Waals surface area contributed by atoms with Crippen molar-refractivity contribution in [3.05, 3.63) is 86.1 Å². The number of Topliss-reactive ketones (excluding diaryl/α,β-unsaturated/α-hetero) is 2. The van der Waals surface area contributed by atoms with E-state index in [-0.39, 0.29) is 37.2 Å². The summed E-state index contributed by atoms with van der Waals surface area (Å²) in [6, 6.07) is 14.8. The molecule has 43 heavy (non-hydrogen) atoms. The molecule has 1 unspecified atom stereocenters. The Morgan fingerprint density at radius 2 is 1.47 bits per heavy atom. The highest BCUT2D eigenvalue weighted by Gasteiger charge is 2.50. The number of hydrogen-bond acceptors (Lipinski definition) is 8. The molecule has 12 nitrogen and oxygen atoms in total. The van der Waals surface area contributed by atoms with E-state index in [1.54, 1.807) is 32.9 Å². The average Bonchev–Trinajstić information content (AvgIpc) is 2.97. The summed E-state index contributed by atoms with van der Waals surface area (Å²) in [5.41, 5.74) is 19.8. The monoisotopic (exact) mass is 589 g/mol. The van der Waals surface area contributed by atoms with E-state index in [1.165, 1.54) is 0 Å². The van der Waals surface area contributed by atoms with Gasteiger partial charge >= 0.3 is 5.97 Å². The van der Waals surface area contributed by atoms with Crippen LogP contribution >= 0.6 is 0 Å². The van der Waals surface area contributed by atoms with Crippen LogP contribution in [0.3, 0.4) is 0 Å². The molecule has 0 amide bonds. The van der Waals surface area contributed by atoms with Crippen LogP contribution in [0.4, 0.5) is 5.69 Å². The molecule has 3 rings (SSSR count). The number of carbonyl (C=O) groups is 3. The molecule has 0 spiro atoms. The smallest absolute Gasteiger partial charge is 0.332 e. The van der Waals surface area contributed by atoms with Crippen molar-refractivity contribution in [1.82, 2.24) is 0 Å². The number of ether oxygens (including phenoxy) is 2. The van der Waals surface area contributed by atoms with Crippen LogP contribution in [0, 0.1) is 0 Å². The van der Waals surface area contributed by atoms with Gasteiger partial charge in [-0.2, -0.15) is 0 Å². The van der Waals surface area contributed by atoms with Crippen molar-refractivity contribution in [1.29, 1.82) is 0 Å². The maximum Gasteiger partial charge on any atom is 0.332 e. The number of esters is 1. The Morgan fingerprint density at radius 1 is 0.907 bits per heavy atom. The van der Waals surface area contributed by atoms with E-state index >= 15 is 0 Å². The molecule has 0 saturated heterocycles. The standard InChI is InChI=1S/C31H39N7O5/c1-5-21(14-15-34-36-32)22-6-8-23(9-7-22)27-29(40)28(30(27)41)24-10-12-25(13-11-24)38(17-16-35-37-33)18-19-42-20-26(39)43-31(2,3)4/h6-13,21,27-28H,5,14-20H2,1-4H3. The van der Waals surface area contributed by atoms with Gasteiger partial charge in [-0.15, -0.1) is 0 Å². The summed E-state index contributed by atoms with van der Waals surface area (Å²) in [6.45, 7) is 9.00. The maximum atomic E-state index is 13.2. The molecule has 0 radical (unpaired) electrons. The fourth-order valence-corrected chi connectivity index (χ4v) is 5.16. The van der Waals surface area contributed by atoms with Gasteiger partial charge in [-0.25, -0.2) is 4.79 Å². The van der Waals surface area contributed by atoms with Crippen molar-refractivity contribution in [3.63, 3.8) is 0 Å². The third kappa shape index (κ3) is 9.31. The molecule has 0 aromatic heterocycles. The molecule has 1 atom stereocenters. The summed E-state index contributed by atoms with van der Waals surface area (Å²) in [4.78, 5) is 45.8. The Bertz CT molecular complexity index is 1340. The van der Waals surface area contributed by atoms with Crippen molar-refractivity contribution in [2.75, 3.05) is 44.3 Å². The Hall–Kier alpha value is -4.37. The van der Waals surface area contributed by atoms with E-state index in [1.807, 2.05) is 41.3 Å². The number of nitrogens with zero attached hydrogens (tertiary/aromatic N) is 7. The Balaban J connectivity index is 1.62. The van der Waals surface area contributed by atoms with Crippen molar-refractivity contribution >= 4 is 23.2 Å². The number of carbonyl (C=O) groups excluding carboxylic acids is 3. The van der Waals surface area contributed by atoms with E-state index < -0.39 is 23.4 Å². The number of azide groups is 2. The molecule has 2 aromatic carbocycles. The van der Waals surface area contributed by atoms with E-state index in [4.69, 9.17) is 20.5 Å². The topological polar surface area (TPSA) is 170 Å². The molecule has 0 heterocycles. The molecule has 1 aliphatic rings. The summed E-state index contributed by atoms with van der Waals surface area (Å²) in [6.07, 6.45) is 1.63. The lowest BCUT2D eigenvalue weighted by Gasteiger charge is -2.33. The molecule has 228 valence electrons. The lowest BCUT2D eigenvalue weighted by atomic mass is 9.66. The molecule has 1 fully saturated rings. The predicted octanol–water partition coefficient (Wildman–Crippen LogP) is 6.37. The summed E-state index contributed by atoms with van der Waals surface area (Å²) < 4.78 is 10.7. The van der Waals surface area contributed by atoms with Gasteiger partial charge in [0.15, 0.2) is 11.6 Å². The Labute approximate surface area is 251 Å². The minimum absolute atomic E-state index is 0.128. The summed E-state index contributed by atoms with van der Waals surface area (Å²) in [5, 5.41) is 7.24. The van der Waals surface area contributed by atoms with Crippen molar-refractivity contribution in [3.8, 4) is 0 Å². The first-order valence-corrected chi connectivity index (χ1v) is 14.4. The number of ketones is 2. The van der Waals surface area contributed by atoms with Gasteiger partial charge in [0.05, 0.1) is 6.61 Å². The van der Waals surface area contributed by atoms with Crippen LogP contribution in [0.1, 0.15) is 75.0 Å². The van der Waals surface area contributed by atoms with Crippen molar-refractivity contribution in [2.45, 2.75) is 63.9 Å². The van der Waals surface area contributed by atoms with Crippen LogP contribution in [-0.4, -0.2) is 62.5 Å². The minimum atomic E-state index is -0.806. The summed E-state index contributed by atoms with van der Waals surface area (Å²) in [5.74, 6) is -2.05. The zero-order valence-electron chi connectivity index (χ0n) is 25.2. The fourth-order valence-electron chi connectivity index (χ4n) is 5.16. The summed E-state index contributed by atoms with van der Waals surface area (Å²) in [7, 11) is 0. The van der Waals surface area contributed by atoms with Gasteiger partial charge in [0.2, 0.25) is 0 Å². The molecule has 0 N–H and O–H groups in total. The lowest BCUT2D eigenvalue weighted by Crippen LogP contribution is -2.44. The molecule has 1 saturated carbocycles. The largest absolute Gasteiger partial charge is 0.458 e. The van der Waals surface area contributed by atoms with Crippen molar-refractivity contribution in [2.24, 2.45) is 10.2 Å². The highest BCUT2D eigenvalue weighted by molar-refractivity contribution is 6.31.